The van der Waals surface area contributed by atoms with Crippen molar-refractivity contribution in [3.63, 3.8) is 0 Å². The summed E-state index contributed by atoms with van der Waals surface area (Å²) in [7, 11) is -3.66. The van der Waals surface area contributed by atoms with Gasteiger partial charge in [-0.05, 0) is 42.7 Å². The minimum atomic E-state index is -3.66. The predicted molar refractivity (Wildman–Crippen MR) is 134 cm³/mol. The van der Waals surface area contributed by atoms with E-state index >= 15 is 0 Å². The van der Waals surface area contributed by atoms with Crippen LogP contribution >= 0.6 is 0 Å². The largest absolute Gasteiger partial charge is 0.385 e. The van der Waals surface area contributed by atoms with E-state index in [1.165, 1.54) is 4.31 Å². The smallest absolute Gasteiger partial charge is 0.243 e. The molecule has 0 spiro atoms. The van der Waals surface area contributed by atoms with E-state index in [9.17, 15) is 13.5 Å². The summed E-state index contributed by atoms with van der Waals surface area (Å²) in [5.74, 6) is 0.520. The number of aliphatic hydroxyl groups excluding tert-OH is 1. The van der Waals surface area contributed by atoms with Crippen molar-refractivity contribution in [2.24, 2.45) is 0 Å². The molecule has 0 amide bonds. The first-order chi connectivity index (χ1) is 16.9. The van der Waals surface area contributed by atoms with E-state index in [1.54, 1.807) is 25.3 Å². The molecule has 2 aromatic carbocycles. The van der Waals surface area contributed by atoms with Crippen LogP contribution in [-0.4, -0.2) is 50.4 Å². The SMILES string of the molecule is CC(O)c1nc2cnc3[nH]ccc3c2n1C1CCN(S(=O)(=O)c2ccc(-c3ccccc3)cc2)C1. The standard InChI is InChI=1S/C26H25N5O3S/c1-17(32)26-29-23-15-28-25-22(11-13-27-25)24(23)31(26)20-12-14-30(16-20)35(33,34)21-9-7-19(8-10-21)18-5-3-2-4-6-18/h2-11,13,15,17,20,32H,12,14,16H2,1H3,(H,27,28). The minimum absolute atomic E-state index is 0.150. The maximum absolute atomic E-state index is 13.5. The number of imidazole rings is 1. The van der Waals surface area contributed by atoms with Gasteiger partial charge >= 0.3 is 0 Å². The highest BCUT2D eigenvalue weighted by atomic mass is 32.2. The van der Waals surface area contributed by atoms with E-state index < -0.39 is 16.1 Å². The molecular formula is C26H25N5O3S. The van der Waals surface area contributed by atoms with Crippen LogP contribution < -0.4 is 0 Å². The number of hydrogen-bond donors (Lipinski definition) is 2. The van der Waals surface area contributed by atoms with Gasteiger partial charge in [0.25, 0.3) is 0 Å². The molecule has 0 aliphatic carbocycles. The number of pyridine rings is 1. The lowest BCUT2D eigenvalue weighted by molar-refractivity contribution is 0.182. The fraction of sp³-hybridized carbons (Fsp3) is 0.231. The number of hydrogen-bond acceptors (Lipinski definition) is 5. The molecule has 2 N–H and O–H groups in total. The lowest BCUT2D eigenvalue weighted by Gasteiger charge is -2.20. The van der Waals surface area contributed by atoms with Crippen molar-refractivity contribution in [2.75, 3.05) is 13.1 Å². The highest BCUT2D eigenvalue weighted by Crippen LogP contribution is 2.35. The Balaban J connectivity index is 1.34. The van der Waals surface area contributed by atoms with E-state index in [1.807, 2.05) is 59.3 Å². The number of fused-ring (bicyclic) bond motifs is 3. The Kier molecular flexibility index (Phi) is 5.21. The highest BCUT2D eigenvalue weighted by molar-refractivity contribution is 7.89. The second-order valence-corrected chi connectivity index (χ2v) is 10.9. The zero-order valence-electron chi connectivity index (χ0n) is 19.2. The van der Waals surface area contributed by atoms with Crippen LogP contribution in [0.5, 0.6) is 0 Å². The number of H-pyrrole nitrogens is 1. The number of aromatic amines is 1. The van der Waals surface area contributed by atoms with E-state index in [0.717, 1.165) is 27.7 Å². The van der Waals surface area contributed by atoms with Gasteiger partial charge in [-0.25, -0.2) is 18.4 Å². The summed E-state index contributed by atoms with van der Waals surface area (Å²) < 4.78 is 30.5. The molecule has 1 aliphatic rings. The summed E-state index contributed by atoms with van der Waals surface area (Å²) >= 11 is 0. The molecule has 0 bridgehead atoms. The van der Waals surface area contributed by atoms with Gasteiger partial charge in [0.1, 0.15) is 23.1 Å². The van der Waals surface area contributed by atoms with Crippen LogP contribution in [0, 0.1) is 0 Å². The molecule has 2 atom stereocenters. The molecule has 0 saturated carbocycles. The zero-order valence-corrected chi connectivity index (χ0v) is 20.0. The van der Waals surface area contributed by atoms with Crippen molar-refractivity contribution in [3.05, 3.63) is 78.9 Å². The molecule has 5 aromatic rings. The lowest BCUT2D eigenvalue weighted by Crippen LogP contribution is -2.29. The van der Waals surface area contributed by atoms with Crippen LogP contribution in [-0.2, 0) is 10.0 Å². The third-order valence-electron chi connectivity index (χ3n) is 6.73. The highest BCUT2D eigenvalue weighted by Gasteiger charge is 2.35. The number of nitrogens with zero attached hydrogens (tertiary/aromatic N) is 4. The molecule has 3 aromatic heterocycles. The van der Waals surface area contributed by atoms with Crippen LogP contribution in [0.1, 0.15) is 31.3 Å². The number of benzene rings is 2. The van der Waals surface area contributed by atoms with Crippen LogP contribution in [0.15, 0.2) is 78.0 Å². The maximum atomic E-state index is 13.5. The van der Waals surface area contributed by atoms with Gasteiger partial charge in [-0.1, -0.05) is 42.5 Å². The molecule has 35 heavy (non-hydrogen) atoms. The summed E-state index contributed by atoms with van der Waals surface area (Å²) in [6.07, 6.45) is 3.34. The molecule has 0 radical (unpaired) electrons. The van der Waals surface area contributed by atoms with E-state index in [-0.39, 0.29) is 10.9 Å². The molecule has 4 heterocycles. The average Bonchev–Trinajstić information content (AvgIpc) is 3.62. The van der Waals surface area contributed by atoms with Gasteiger partial charge in [0.05, 0.1) is 22.7 Å². The van der Waals surface area contributed by atoms with Crippen LogP contribution in [0.2, 0.25) is 0 Å². The Labute approximate surface area is 202 Å². The molecular weight excluding hydrogens is 462 g/mol. The van der Waals surface area contributed by atoms with Crippen LogP contribution in [0.4, 0.5) is 0 Å². The molecule has 8 nitrogen and oxygen atoms in total. The summed E-state index contributed by atoms with van der Waals surface area (Å²) in [5.41, 5.74) is 4.30. The first kappa shape index (κ1) is 22.0. The fourth-order valence-electron chi connectivity index (χ4n) is 5.01. The summed E-state index contributed by atoms with van der Waals surface area (Å²) in [5, 5.41) is 11.4. The third-order valence-corrected chi connectivity index (χ3v) is 8.61. The normalized spacial score (nSPS) is 17.9. The Hall–Kier alpha value is -3.53. The predicted octanol–water partition coefficient (Wildman–Crippen LogP) is 4.27. The number of nitrogens with one attached hydrogen (secondary N) is 1. The van der Waals surface area contributed by atoms with Crippen molar-refractivity contribution < 1.29 is 13.5 Å². The van der Waals surface area contributed by atoms with Gasteiger partial charge in [0, 0.05) is 24.7 Å². The molecule has 6 rings (SSSR count). The molecule has 178 valence electrons. The van der Waals surface area contributed by atoms with Crippen molar-refractivity contribution in [3.8, 4) is 11.1 Å². The Bertz CT molecular complexity index is 1620. The quantitative estimate of drug-likeness (QED) is 0.385. The van der Waals surface area contributed by atoms with Gasteiger partial charge in [0.15, 0.2) is 0 Å². The van der Waals surface area contributed by atoms with E-state index in [2.05, 4.69) is 15.0 Å². The average molecular weight is 488 g/mol. The molecule has 1 fully saturated rings. The van der Waals surface area contributed by atoms with Gasteiger partial charge in [-0.3, -0.25) is 0 Å². The van der Waals surface area contributed by atoms with Gasteiger partial charge in [-0.2, -0.15) is 4.31 Å². The molecule has 2 unspecified atom stereocenters. The number of sulfonamides is 1. The monoisotopic (exact) mass is 487 g/mol. The Morgan fingerprint density at radius 3 is 2.54 bits per heavy atom. The third kappa shape index (κ3) is 3.63. The topological polar surface area (TPSA) is 104 Å². The zero-order chi connectivity index (χ0) is 24.2. The minimum Gasteiger partial charge on any atom is -0.385 e. The summed E-state index contributed by atoms with van der Waals surface area (Å²) in [4.78, 5) is 12.4. The summed E-state index contributed by atoms with van der Waals surface area (Å²) in [6.45, 7) is 2.38. The number of aliphatic hydroxyl groups is 1. The van der Waals surface area contributed by atoms with E-state index in [4.69, 9.17) is 0 Å². The maximum Gasteiger partial charge on any atom is 0.243 e. The van der Waals surface area contributed by atoms with Crippen LogP contribution in [0.3, 0.4) is 0 Å². The van der Waals surface area contributed by atoms with Gasteiger partial charge in [0.2, 0.25) is 10.0 Å². The first-order valence-corrected chi connectivity index (χ1v) is 13.0. The van der Waals surface area contributed by atoms with Crippen molar-refractivity contribution in [1.82, 2.24) is 23.8 Å². The number of rotatable bonds is 5. The van der Waals surface area contributed by atoms with Crippen molar-refractivity contribution >= 4 is 32.1 Å². The van der Waals surface area contributed by atoms with Crippen LogP contribution in [0.25, 0.3) is 33.2 Å². The van der Waals surface area contributed by atoms with Gasteiger partial charge in [-0.15, -0.1) is 0 Å². The van der Waals surface area contributed by atoms with E-state index in [0.29, 0.717) is 30.9 Å². The molecule has 1 aliphatic heterocycles. The molecule has 9 heteroatoms. The van der Waals surface area contributed by atoms with Crippen molar-refractivity contribution in [1.29, 1.82) is 0 Å². The molecule has 1 saturated heterocycles. The van der Waals surface area contributed by atoms with Gasteiger partial charge < -0.3 is 14.7 Å². The second kappa shape index (κ2) is 8.30. The lowest BCUT2D eigenvalue weighted by atomic mass is 10.1. The number of aromatic nitrogens is 4. The Morgan fingerprint density at radius 1 is 1.06 bits per heavy atom. The summed E-state index contributed by atoms with van der Waals surface area (Å²) in [6, 6.07) is 18.7. The Morgan fingerprint density at radius 2 is 1.80 bits per heavy atom. The first-order valence-electron chi connectivity index (χ1n) is 11.6. The fourth-order valence-corrected chi connectivity index (χ4v) is 6.51. The second-order valence-electron chi connectivity index (χ2n) is 8.94. The van der Waals surface area contributed by atoms with Crippen molar-refractivity contribution in [2.45, 2.75) is 30.4 Å².